The molecule has 4 aromatic rings. The van der Waals surface area contributed by atoms with Gasteiger partial charge in [-0.2, -0.15) is 34.8 Å². The molecule has 0 atom stereocenters. The van der Waals surface area contributed by atoms with Crippen LogP contribution < -0.4 is 4.80 Å². The molecule has 0 bridgehead atoms. The second-order valence-corrected chi connectivity index (χ2v) is 12.7. The Morgan fingerprint density at radius 2 is 1.41 bits per heavy atom. The number of halogens is 7. The lowest BCUT2D eigenvalue weighted by Gasteiger charge is -2.25. The van der Waals surface area contributed by atoms with Crippen molar-refractivity contribution in [2.75, 3.05) is 0 Å². The van der Waals surface area contributed by atoms with E-state index in [0.29, 0.717) is 0 Å². The lowest BCUT2D eigenvalue weighted by atomic mass is 9.95. The summed E-state index contributed by atoms with van der Waals surface area (Å²) >= 11 is 4.54. The van der Waals surface area contributed by atoms with Gasteiger partial charge in [0.15, 0.2) is 0 Å². The van der Waals surface area contributed by atoms with Gasteiger partial charge in [0.25, 0.3) is 10.0 Å². The van der Waals surface area contributed by atoms with Crippen LogP contribution in [0.1, 0.15) is 49.8 Å². The van der Waals surface area contributed by atoms with E-state index in [-0.39, 0.29) is 15.4 Å². The molecule has 2 aromatic heterocycles. The zero-order chi connectivity index (χ0) is 29.6. The van der Waals surface area contributed by atoms with Crippen molar-refractivity contribution < 1.29 is 34.8 Å². The van der Waals surface area contributed by atoms with Crippen LogP contribution in [0.2, 0.25) is 0 Å². The van der Waals surface area contributed by atoms with Crippen LogP contribution in [-0.4, -0.2) is 27.7 Å². The monoisotopic (exact) mass is 679 g/mol. The number of alkyl halides is 6. The Kier molecular flexibility index (Phi) is 7.93. The Morgan fingerprint density at radius 1 is 0.854 bits per heavy atom. The van der Waals surface area contributed by atoms with Crippen molar-refractivity contribution in [1.82, 2.24) is 19.3 Å². The minimum absolute atomic E-state index is 0.0142. The Hall–Kier alpha value is -2.98. The minimum atomic E-state index is -5.24. The van der Waals surface area contributed by atoms with Crippen LogP contribution in [0.15, 0.2) is 67.7 Å². The molecule has 0 amide bonds. The third kappa shape index (κ3) is 6.14. The summed E-state index contributed by atoms with van der Waals surface area (Å²) in [6, 6.07) is 11.0. The molecule has 1 fully saturated rings. The molecule has 0 radical (unpaired) electrons. The van der Waals surface area contributed by atoms with Gasteiger partial charge in [0.2, 0.25) is 16.5 Å². The third-order valence-electron chi connectivity index (χ3n) is 6.58. The second kappa shape index (κ2) is 11.0. The molecule has 7 nitrogen and oxygen atoms in total. The average molecular weight is 680 g/mol. The largest absolute Gasteiger partial charge is 0.452 e. The fourth-order valence-electron chi connectivity index (χ4n) is 4.73. The van der Waals surface area contributed by atoms with Gasteiger partial charge in [-0.3, -0.25) is 4.57 Å². The maximum absolute atomic E-state index is 13.4. The molecule has 1 aliphatic rings. The quantitative estimate of drug-likeness (QED) is 0.206. The van der Waals surface area contributed by atoms with E-state index in [1.165, 1.54) is 0 Å². The lowest BCUT2D eigenvalue weighted by molar-refractivity contribution is -0.153. The molecular formula is C25H20BrF6N5O2S2. The molecule has 0 N–H and O–H groups in total. The van der Waals surface area contributed by atoms with E-state index in [0.717, 1.165) is 83.4 Å². The van der Waals surface area contributed by atoms with Crippen LogP contribution in [0.5, 0.6) is 0 Å². The highest BCUT2D eigenvalue weighted by molar-refractivity contribution is 9.10. The van der Waals surface area contributed by atoms with Crippen LogP contribution in [0.3, 0.4) is 0 Å². The third-order valence-corrected chi connectivity index (χ3v) is 9.35. The van der Waals surface area contributed by atoms with Gasteiger partial charge in [-0.05, 0) is 54.8 Å². The zero-order valence-electron chi connectivity index (χ0n) is 20.8. The molecule has 0 spiro atoms. The summed E-state index contributed by atoms with van der Waals surface area (Å²) in [5, 5.41) is 7.16. The van der Waals surface area contributed by atoms with Crippen molar-refractivity contribution in [3.05, 3.63) is 74.8 Å². The molecule has 5 rings (SSSR count). The minimum Gasteiger partial charge on any atom is -0.313 e. The fraction of sp³-hybridized carbons (Fsp3) is 0.320. The topological polar surface area (TPSA) is 82.1 Å². The van der Waals surface area contributed by atoms with E-state index >= 15 is 0 Å². The van der Waals surface area contributed by atoms with Crippen molar-refractivity contribution in [2.45, 2.75) is 55.4 Å². The predicted molar refractivity (Wildman–Crippen MR) is 142 cm³/mol. The molecule has 2 heterocycles. The second-order valence-electron chi connectivity index (χ2n) is 9.31. The van der Waals surface area contributed by atoms with Crippen LogP contribution in [0.25, 0.3) is 16.9 Å². The molecule has 1 aliphatic carbocycles. The highest BCUT2D eigenvalue weighted by atomic mass is 79.9. The van der Waals surface area contributed by atoms with E-state index in [2.05, 4.69) is 30.5 Å². The van der Waals surface area contributed by atoms with Gasteiger partial charge in [-0.1, -0.05) is 47.3 Å². The van der Waals surface area contributed by atoms with Crippen molar-refractivity contribution >= 4 is 37.3 Å². The van der Waals surface area contributed by atoms with Gasteiger partial charge in [0.1, 0.15) is 0 Å². The van der Waals surface area contributed by atoms with E-state index < -0.39 is 44.6 Å². The number of benzene rings is 2. The normalized spacial score (nSPS) is 15.9. The molecule has 0 unspecified atom stereocenters. The molecular weight excluding hydrogens is 660 g/mol. The van der Waals surface area contributed by atoms with Gasteiger partial charge in [0, 0.05) is 21.6 Å². The number of aromatic nitrogens is 4. The van der Waals surface area contributed by atoms with Gasteiger partial charge in [-0.25, -0.2) is 0 Å². The van der Waals surface area contributed by atoms with E-state index in [9.17, 15) is 34.8 Å². The van der Waals surface area contributed by atoms with Crippen molar-refractivity contribution in [1.29, 1.82) is 0 Å². The first-order chi connectivity index (χ1) is 19.3. The van der Waals surface area contributed by atoms with Crippen molar-refractivity contribution in [3.8, 4) is 16.9 Å². The molecule has 16 heteroatoms. The number of hydrogen-bond donors (Lipinski definition) is 0. The molecule has 0 aliphatic heterocycles. The highest BCUT2D eigenvalue weighted by Gasteiger charge is 2.45. The fourth-order valence-corrected chi connectivity index (χ4v) is 7.17. The first-order valence-electron chi connectivity index (χ1n) is 12.2. The standard InChI is InChI=1S/C25H20BrF6N5O2S2/c26-16-8-6-15(7-9-16)20-14-40-23(36(20)17-4-2-1-3-5-17)35-41(38,39)19-12-10-18(11-13-19)37-21(24(27,28)29)33-34-22(37)25(30,31)32/h6-14,17H,1-5H2/b35-23-. The summed E-state index contributed by atoms with van der Waals surface area (Å²) in [7, 11) is -4.39. The summed E-state index contributed by atoms with van der Waals surface area (Å²) < 4.78 is 114. The Labute approximate surface area is 242 Å². The summed E-state index contributed by atoms with van der Waals surface area (Å²) in [6.07, 6.45) is -5.78. The Bertz CT molecular complexity index is 1690. The van der Waals surface area contributed by atoms with Crippen molar-refractivity contribution in [2.24, 2.45) is 4.40 Å². The Morgan fingerprint density at radius 3 is 1.95 bits per heavy atom. The van der Waals surface area contributed by atoms with Crippen LogP contribution >= 0.6 is 27.3 Å². The molecule has 218 valence electrons. The first-order valence-corrected chi connectivity index (χ1v) is 15.3. The molecule has 41 heavy (non-hydrogen) atoms. The summed E-state index contributed by atoms with van der Waals surface area (Å²) in [5.41, 5.74) is 1.05. The summed E-state index contributed by atoms with van der Waals surface area (Å²) in [4.78, 5) is -0.179. The number of sulfonamides is 1. The highest BCUT2D eigenvalue weighted by Crippen LogP contribution is 2.36. The molecule has 2 aromatic carbocycles. The van der Waals surface area contributed by atoms with Gasteiger partial charge in [0.05, 0.1) is 10.6 Å². The maximum atomic E-state index is 13.4. The average Bonchev–Trinajstić information content (AvgIpc) is 3.55. The van der Waals surface area contributed by atoms with E-state index in [1.54, 1.807) is 0 Å². The molecule has 1 saturated carbocycles. The number of thiazole rings is 1. The van der Waals surface area contributed by atoms with Crippen LogP contribution in [0, 0.1) is 0 Å². The summed E-state index contributed by atoms with van der Waals surface area (Å²) in [5.74, 6) is -3.78. The van der Waals surface area contributed by atoms with Crippen LogP contribution in [0.4, 0.5) is 26.3 Å². The van der Waals surface area contributed by atoms with E-state index in [1.807, 2.05) is 34.2 Å². The first kappa shape index (κ1) is 29.5. The SMILES string of the molecule is O=S(=O)(/N=c1\scc(-c2ccc(Br)cc2)n1C1CCCCC1)c1ccc(-n2c(C(F)(F)F)nnc2C(F)(F)F)cc1. The van der Waals surface area contributed by atoms with Crippen LogP contribution in [-0.2, 0) is 22.4 Å². The number of nitrogens with zero attached hydrogens (tertiary/aromatic N) is 5. The van der Waals surface area contributed by atoms with Gasteiger partial charge in [-0.15, -0.1) is 25.9 Å². The van der Waals surface area contributed by atoms with Gasteiger partial charge < -0.3 is 4.57 Å². The maximum Gasteiger partial charge on any atom is 0.452 e. The van der Waals surface area contributed by atoms with Gasteiger partial charge >= 0.3 is 12.4 Å². The lowest BCUT2D eigenvalue weighted by Crippen LogP contribution is -2.25. The van der Waals surface area contributed by atoms with Crippen molar-refractivity contribution in [3.63, 3.8) is 0 Å². The zero-order valence-corrected chi connectivity index (χ0v) is 24.0. The number of hydrogen-bond acceptors (Lipinski definition) is 5. The molecule has 0 saturated heterocycles. The van der Waals surface area contributed by atoms with E-state index in [4.69, 9.17) is 0 Å². The Balaban J connectivity index is 1.57. The number of rotatable bonds is 5. The summed E-state index contributed by atoms with van der Waals surface area (Å²) in [6.45, 7) is 0. The predicted octanol–water partition coefficient (Wildman–Crippen LogP) is 7.39. The smallest absolute Gasteiger partial charge is 0.313 e.